The third kappa shape index (κ3) is 2.27. The van der Waals surface area contributed by atoms with Crippen LogP contribution in [0.1, 0.15) is 31.4 Å². The summed E-state index contributed by atoms with van der Waals surface area (Å²) < 4.78 is 0. The number of rotatable bonds is 2. The smallest absolute Gasteiger partial charge is 0.227 e. The molecule has 1 saturated heterocycles. The molecule has 2 N–H and O–H groups in total. The van der Waals surface area contributed by atoms with Crippen molar-refractivity contribution in [1.29, 1.82) is 0 Å². The number of carbonyl (C=O) groups is 1. The molecule has 3 nitrogen and oxygen atoms in total. The molecule has 1 aliphatic rings. The largest absolute Gasteiger partial charge is 0.336 e. The molecular formula is C15H22N2O. The quantitative estimate of drug-likeness (QED) is 0.866. The minimum atomic E-state index is -0.222. The highest BCUT2D eigenvalue weighted by Crippen LogP contribution is 2.28. The van der Waals surface area contributed by atoms with E-state index < -0.39 is 0 Å². The number of hydrogen-bond donors (Lipinski definition) is 1. The summed E-state index contributed by atoms with van der Waals surface area (Å²) in [6.07, 6.45) is 1.37. The van der Waals surface area contributed by atoms with Crippen LogP contribution in [0.2, 0.25) is 0 Å². The fourth-order valence-electron chi connectivity index (χ4n) is 2.62. The number of hydrogen-bond acceptors (Lipinski definition) is 2. The van der Waals surface area contributed by atoms with Crippen molar-refractivity contribution in [3.63, 3.8) is 0 Å². The first-order valence-corrected chi connectivity index (χ1v) is 6.53. The summed E-state index contributed by atoms with van der Waals surface area (Å²) in [6, 6.07) is 8.13. The van der Waals surface area contributed by atoms with E-state index in [4.69, 9.17) is 5.73 Å². The van der Waals surface area contributed by atoms with Gasteiger partial charge in [-0.25, -0.2) is 0 Å². The molecule has 1 amide bonds. The van der Waals surface area contributed by atoms with E-state index in [9.17, 15) is 4.79 Å². The molecule has 1 aromatic carbocycles. The van der Waals surface area contributed by atoms with Gasteiger partial charge in [-0.05, 0) is 38.3 Å². The van der Waals surface area contributed by atoms with E-state index >= 15 is 0 Å². The van der Waals surface area contributed by atoms with E-state index in [2.05, 4.69) is 13.8 Å². The first kappa shape index (κ1) is 13.1. The molecule has 0 aliphatic carbocycles. The number of nitrogens with zero attached hydrogens (tertiary/aromatic N) is 1. The second-order valence-corrected chi connectivity index (χ2v) is 5.70. The van der Waals surface area contributed by atoms with Gasteiger partial charge in [0, 0.05) is 12.6 Å². The van der Waals surface area contributed by atoms with Crippen LogP contribution < -0.4 is 5.73 Å². The molecule has 0 saturated carbocycles. The first-order valence-electron chi connectivity index (χ1n) is 6.53. The summed E-state index contributed by atoms with van der Waals surface area (Å²) >= 11 is 0. The van der Waals surface area contributed by atoms with Crippen LogP contribution in [0.3, 0.4) is 0 Å². The second kappa shape index (κ2) is 4.73. The predicted octanol–water partition coefficient (Wildman–Crippen LogP) is 1.88. The predicted molar refractivity (Wildman–Crippen MR) is 73.3 cm³/mol. The minimum absolute atomic E-state index is 0.0818. The third-order valence-electron chi connectivity index (χ3n) is 4.17. The van der Waals surface area contributed by atoms with Gasteiger partial charge in [-0.15, -0.1) is 0 Å². The van der Waals surface area contributed by atoms with Crippen LogP contribution in [-0.4, -0.2) is 28.9 Å². The van der Waals surface area contributed by atoms with Crippen LogP contribution in [0.4, 0.5) is 0 Å². The molecule has 1 atom stereocenters. The van der Waals surface area contributed by atoms with Gasteiger partial charge in [0.25, 0.3) is 0 Å². The fourth-order valence-corrected chi connectivity index (χ4v) is 2.62. The fraction of sp³-hybridized carbons (Fsp3) is 0.533. The van der Waals surface area contributed by atoms with Gasteiger partial charge < -0.3 is 10.6 Å². The monoisotopic (exact) mass is 246 g/mol. The summed E-state index contributed by atoms with van der Waals surface area (Å²) in [5.41, 5.74) is 8.13. The average Bonchev–Trinajstić information content (AvgIpc) is 2.57. The topological polar surface area (TPSA) is 46.3 Å². The lowest BCUT2D eigenvalue weighted by atomic mass is 9.96. The molecule has 1 fully saturated rings. The van der Waals surface area contributed by atoms with E-state index in [1.807, 2.05) is 36.1 Å². The van der Waals surface area contributed by atoms with Gasteiger partial charge in [-0.2, -0.15) is 0 Å². The maximum Gasteiger partial charge on any atom is 0.227 e. The highest BCUT2D eigenvalue weighted by molar-refractivity contribution is 5.80. The highest BCUT2D eigenvalue weighted by atomic mass is 16.2. The standard InChI is InChI=1S/C15H22N2O/c1-11-6-4-5-7-12(11)10-14(18)17-9-8-13(16)15(17,2)3/h4-7,13H,8-10,16H2,1-3H3. The highest BCUT2D eigenvalue weighted by Gasteiger charge is 2.41. The summed E-state index contributed by atoms with van der Waals surface area (Å²) in [5, 5.41) is 0. The van der Waals surface area contributed by atoms with Crippen LogP contribution in [0.25, 0.3) is 0 Å². The lowest BCUT2D eigenvalue weighted by molar-refractivity contribution is -0.133. The van der Waals surface area contributed by atoms with Gasteiger partial charge >= 0.3 is 0 Å². The molecule has 2 rings (SSSR count). The molecular weight excluding hydrogens is 224 g/mol. The molecule has 0 aromatic heterocycles. The maximum absolute atomic E-state index is 12.4. The Kier molecular flexibility index (Phi) is 3.44. The van der Waals surface area contributed by atoms with Crippen LogP contribution >= 0.6 is 0 Å². The molecule has 3 heteroatoms. The Morgan fingerprint density at radius 1 is 1.44 bits per heavy atom. The van der Waals surface area contributed by atoms with Gasteiger partial charge in [0.15, 0.2) is 0 Å². The first-order chi connectivity index (χ1) is 8.43. The maximum atomic E-state index is 12.4. The molecule has 1 aromatic rings. The Labute approximate surface area is 109 Å². The van der Waals surface area contributed by atoms with Crippen molar-refractivity contribution < 1.29 is 4.79 Å². The van der Waals surface area contributed by atoms with Gasteiger partial charge in [0.1, 0.15) is 0 Å². The van der Waals surface area contributed by atoms with Crippen molar-refractivity contribution >= 4 is 5.91 Å². The SMILES string of the molecule is Cc1ccccc1CC(=O)N1CCC(N)C1(C)C. The number of nitrogens with two attached hydrogens (primary N) is 1. The van der Waals surface area contributed by atoms with Crippen LogP contribution in [0.5, 0.6) is 0 Å². The van der Waals surface area contributed by atoms with Crippen LogP contribution in [0, 0.1) is 6.92 Å². The lowest BCUT2D eigenvalue weighted by Gasteiger charge is -2.34. The zero-order valence-electron chi connectivity index (χ0n) is 11.4. The molecule has 98 valence electrons. The second-order valence-electron chi connectivity index (χ2n) is 5.70. The summed E-state index contributed by atoms with van der Waals surface area (Å²) in [6.45, 7) is 6.93. The van der Waals surface area contributed by atoms with Crippen molar-refractivity contribution in [1.82, 2.24) is 4.90 Å². The van der Waals surface area contributed by atoms with Crippen molar-refractivity contribution in [3.05, 3.63) is 35.4 Å². The molecule has 1 unspecified atom stereocenters. The van der Waals surface area contributed by atoms with Gasteiger partial charge in [0.05, 0.1) is 12.0 Å². The van der Waals surface area contributed by atoms with E-state index in [-0.39, 0.29) is 17.5 Å². The number of carbonyl (C=O) groups excluding carboxylic acids is 1. The molecule has 1 heterocycles. The van der Waals surface area contributed by atoms with E-state index in [0.29, 0.717) is 6.42 Å². The zero-order chi connectivity index (χ0) is 13.3. The number of benzene rings is 1. The summed E-state index contributed by atoms with van der Waals surface area (Å²) in [5.74, 6) is 0.183. The van der Waals surface area contributed by atoms with Crippen molar-refractivity contribution in [2.75, 3.05) is 6.54 Å². The Balaban J connectivity index is 2.12. The molecule has 0 bridgehead atoms. The zero-order valence-corrected chi connectivity index (χ0v) is 11.4. The Bertz CT molecular complexity index is 454. The van der Waals surface area contributed by atoms with Crippen molar-refractivity contribution in [2.24, 2.45) is 5.73 Å². The van der Waals surface area contributed by atoms with Crippen molar-refractivity contribution in [3.8, 4) is 0 Å². The van der Waals surface area contributed by atoms with Gasteiger partial charge in [0.2, 0.25) is 5.91 Å². The normalized spacial score (nSPS) is 22.2. The molecule has 0 radical (unpaired) electrons. The number of likely N-dealkylation sites (tertiary alicyclic amines) is 1. The third-order valence-corrected chi connectivity index (χ3v) is 4.17. The summed E-state index contributed by atoms with van der Waals surface area (Å²) in [4.78, 5) is 14.3. The average molecular weight is 246 g/mol. The van der Waals surface area contributed by atoms with E-state index in [1.54, 1.807) is 0 Å². The van der Waals surface area contributed by atoms with E-state index in [0.717, 1.165) is 18.5 Å². The van der Waals surface area contributed by atoms with E-state index in [1.165, 1.54) is 5.56 Å². The molecule has 18 heavy (non-hydrogen) atoms. The Morgan fingerprint density at radius 2 is 2.11 bits per heavy atom. The lowest BCUT2D eigenvalue weighted by Crippen LogP contribution is -2.51. The van der Waals surface area contributed by atoms with Gasteiger partial charge in [-0.3, -0.25) is 4.79 Å². The van der Waals surface area contributed by atoms with Crippen LogP contribution in [-0.2, 0) is 11.2 Å². The van der Waals surface area contributed by atoms with Gasteiger partial charge in [-0.1, -0.05) is 24.3 Å². The number of aryl methyl sites for hydroxylation is 1. The minimum Gasteiger partial charge on any atom is -0.336 e. The molecule has 1 aliphatic heterocycles. The molecule has 0 spiro atoms. The number of amides is 1. The Morgan fingerprint density at radius 3 is 2.67 bits per heavy atom. The van der Waals surface area contributed by atoms with Crippen molar-refractivity contribution in [2.45, 2.75) is 45.2 Å². The summed E-state index contributed by atoms with van der Waals surface area (Å²) in [7, 11) is 0. The van der Waals surface area contributed by atoms with Crippen LogP contribution in [0.15, 0.2) is 24.3 Å². The Hall–Kier alpha value is -1.35.